The monoisotopic (exact) mass is 204 g/mol. The smallest absolute Gasteiger partial charge is 0.325 e. The molecular formula is C11H12N2O2. The Balaban J connectivity index is 2.59. The molecule has 1 aromatic carbocycles. The van der Waals surface area contributed by atoms with Crippen molar-refractivity contribution in [3.05, 3.63) is 30.0 Å². The quantitative estimate of drug-likeness (QED) is 0.827. The summed E-state index contributed by atoms with van der Waals surface area (Å²) in [7, 11) is 0. The zero-order valence-corrected chi connectivity index (χ0v) is 8.47. The molecule has 0 bridgehead atoms. The van der Waals surface area contributed by atoms with Crippen molar-refractivity contribution in [3.8, 4) is 0 Å². The fourth-order valence-electron chi connectivity index (χ4n) is 1.71. The lowest BCUT2D eigenvalue weighted by molar-refractivity contribution is -0.137. The summed E-state index contributed by atoms with van der Waals surface area (Å²) in [6, 6.07) is 7.69. The van der Waals surface area contributed by atoms with Gasteiger partial charge in [-0.05, 0) is 12.5 Å². The predicted molar refractivity (Wildman–Crippen MR) is 56.7 cm³/mol. The van der Waals surface area contributed by atoms with Gasteiger partial charge in [0.05, 0.1) is 11.2 Å². The number of aromatic nitrogens is 2. The largest absolute Gasteiger partial charge is 0.480 e. The third kappa shape index (κ3) is 1.70. The van der Waals surface area contributed by atoms with Gasteiger partial charge in [-0.3, -0.25) is 9.48 Å². The molecule has 0 saturated carbocycles. The Morgan fingerprint density at radius 2 is 2.20 bits per heavy atom. The van der Waals surface area contributed by atoms with E-state index >= 15 is 0 Å². The highest BCUT2D eigenvalue weighted by Gasteiger charge is 2.09. The number of hydrogen-bond donors (Lipinski definition) is 1. The number of hydrogen-bond acceptors (Lipinski definition) is 2. The van der Waals surface area contributed by atoms with Crippen LogP contribution in [0.25, 0.3) is 10.9 Å². The van der Waals surface area contributed by atoms with Crippen LogP contribution >= 0.6 is 0 Å². The first-order chi connectivity index (χ1) is 7.22. The van der Waals surface area contributed by atoms with Gasteiger partial charge in [-0.15, -0.1) is 0 Å². The van der Waals surface area contributed by atoms with Crippen LogP contribution in [0.3, 0.4) is 0 Å². The molecule has 0 aliphatic carbocycles. The third-order valence-corrected chi connectivity index (χ3v) is 2.35. The van der Waals surface area contributed by atoms with Gasteiger partial charge in [0.2, 0.25) is 0 Å². The zero-order valence-electron chi connectivity index (χ0n) is 8.47. The molecule has 0 atom stereocenters. The van der Waals surface area contributed by atoms with E-state index in [1.54, 1.807) is 0 Å². The molecule has 0 aliphatic rings. The maximum atomic E-state index is 10.6. The van der Waals surface area contributed by atoms with E-state index in [0.29, 0.717) is 0 Å². The fourth-order valence-corrected chi connectivity index (χ4v) is 1.71. The van der Waals surface area contributed by atoms with Gasteiger partial charge in [-0.2, -0.15) is 5.10 Å². The Kier molecular flexibility index (Phi) is 2.41. The number of nitrogens with zero attached hydrogens (tertiary/aromatic N) is 2. The van der Waals surface area contributed by atoms with Crippen LogP contribution in [0.2, 0.25) is 0 Å². The van der Waals surface area contributed by atoms with Crippen LogP contribution < -0.4 is 0 Å². The second-order valence-corrected chi connectivity index (χ2v) is 3.37. The first-order valence-corrected chi connectivity index (χ1v) is 4.88. The second-order valence-electron chi connectivity index (χ2n) is 3.37. The number of aryl methyl sites for hydroxylation is 1. The number of carboxylic acid groups (broad SMARTS) is 1. The minimum atomic E-state index is -0.870. The number of para-hydroxylation sites is 1. The van der Waals surface area contributed by atoms with Crippen LogP contribution in [0.4, 0.5) is 0 Å². The van der Waals surface area contributed by atoms with Crippen molar-refractivity contribution < 1.29 is 9.90 Å². The zero-order chi connectivity index (χ0) is 10.8. The molecule has 0 fully saturated rings. The Hall–Kier alpha value is -1.84. The van der Waals surface area contributed by atoms with E-state index in [0.717, 1.165) is 23.0 Å². The Morgan fingerprint density at radius 3 is 2.87 bits per heavy atom. The third-order valence-electron chi connectivity index (χ3n) is 2.35. The van der Waals surface area contributed by atoms with Crippen LogP contribution in [-0.4, -0.2) is 20.9 Å². The summed E-state index contributed by atoms with van der Waals surface area (Å²) in [6.45, 7) is 1.93. The van der Waals surface area contributed by atoms with Crippen molar-refractivity contribution in [1.29, 1.82) is 0 Å². The second kappa shape index (κ2) is 3.73. The molecule has 15 heavy (non-hydrogen) atoms. The van der Waals surface area contributed by atoms with Gasteiger partial charge in [0.25, 0.3) is 0 Å². The van der Waals surface area contributed by atoms with Gasteiger partial charge < -0.3 is 5.11 Å². The van der Waals surface area contributed by atoms with Crippen molar-refractivity contribution >= 4 is 16.9 Å². The molecule has 78 valence electrons. The number of aliphatic carboxylic acids is 1. The Morgan fingerprint density at radius 1 is 1.47 bits per heavy atom. The van der Waals surface area contributed by atoms with E-state index in [-0.39, 0.29) is 6.54 Å². The molecule has 0 spiro atoms. The van der Waals surface area contributed by atoms with E-state index in [2.05, 4.69) is 5.10 Å². The van der Waals surface area contributed by atoms with Crippen molar-refractivity contribution in [2.75, 3.05) is 0 Å². The molecule has 4 heteroatoms. The number of carbonyl (C=O) groups is 1. The average molecular weight is 204 g/mol. The maximum Gasteiger partial charge on any atom is 0.325 e. The highest BCUT2D eigenvalue weighted by atomic mass is 16.4. The summed E-state index contributed by atoms with van der Waals surface area (Å²) in [5.74, 6) is -0.870. The SMILES string of the molecule is CCc1nn(CC(=O)O)c2ccccc12. The lowest BCUT2D eigenvalue weighted by Crippen LogP contribution is -2.10. The van der Waals surface area contributed by atoms with Crippen molar-refractivity contribution in [1.82, 2.24) is 9.78 Å². The summed E-state index contributed by atoms with van der Waals surface area (Å²) < 4.78 is 1.54. The Labute approximate surface area is 87.1 Å². The van der Waals surface area contributed by atoms with Crippen LogP contribution in [0.5, 0.6) is 0 Å². The number of carboxylic acids is 1. The summed E-state index contributed by atoms with van der Waals surface area (Å²) in [5.41, 5.74) is 1.84. The first-order valence-electron chi connectivity index (χ1n) is 4.88. The molecule has 2 aromatic rings. The number of fused-ring (bicyclic) bond motifs is 1. The Bertz CT molecular complexity index is 502. The van der Waals surface area contributed by atoms with Gasteiger partial charge in [-0.25, -0.2) is 0 Å². The molecule has 0 unspecified atom stereocenters. The topological polar surface area (TPSA) is 55.1 Å². The average Bonchev–Trinajstić information content (AvgIpc) is 2.56. The molecule has 0 radical (unpaired) electrons. The highest BCUT2D eigenvalue weighted by molar-refractivity contribution is 5.83. The summed E-state index contributed by atoms with van der Waals surface area (Å²) in [6.07, 6.45) is 0.813. The minimum Gasteiger partial charge on any atom is -0.480 e. The van der Waals surface area contributed by atoms with Crippen LogP contribution in [0.15, 0.2) is 24.3 Å². The summed E-state index contributed by atoms with van der Waals surface area (Å²) in [5, 5.41) is 14.1. The first kappa shape index (κ1) is 9.71. The molecular weight excluding hydrogens is 192 g/mol. The van der Waals surface area contributed by atoms with E-state index in [1.165, 1.54) is 4.68 Å². The molecule has 1 N–H and O–H groups in total. The van der Waals surface area contributed by atoms with E-state index in [1.807, 2.05) is 31.2 Å². The highest BCUT2D eigenvalue weighted by Crippen LogP contribution is 2.18. The molecule has 4 nitrogen and oxygen atoms in total. The maximum absolute atomic E-state index is 10.6. The summed E-state index contributed by atoms with van der Waals surface area (Å²) in [4.78, 5) is 10.6. The molecule has 0 amide bonds. The van der Waals surface area contributed by atoms with Crippen LogP contribution in [0.1, 0.15) is 12.6 Å². The van der Waals surface area contributed by atoms with Crippen molar-refractivity contribution in [2.45, 2.75) is 19.9 Å². The molecule has 1 heterocycles. The van der Waals surface area contributed by atoms with Gasteiger partial charge in [0.1, 0.15) is 6.54 Å². The van der Waals surface area contributed by atoms with E-state index in [9.17, 15) is 4.79 Å². The lowest BCUT2D eigenvalue weighted by atomic mass is 10.2. The van der Waals surface area contributed by atoms with Gasteiger partial charge >= 0.3 is 5.97 Å². The molecule has 2 rings (SSSR count). The normalized spacial score (nSPS) is 10.7. The lowest BCUT2D eigenvalue weighted by Gasteiger charge is -1.97. The van der Waals surface area contributed by atoms with Crippen LogP contribution in [0, 0.1) is 0 Å². The van der Waals surface area contributed by atoms with Gasteiger partial charge in [0, 0.05) is 5.39 Å². The number of benzene rings is 1. The fraction of sp³-hybridized carbons (Fsp3) is 0.273. The van der Waals surface area contributed by atoms with E-state index < -0.39 is 5.97 Å². The summed E-state index contributed by atoms with van der Waals surface area (Å²) >= 11 is 0. The van der Waals surface area contributed by atoms with Gasteiger partial charge in [0.15, 0.2) is 0 Å². The van der Waals surface area contributed by atoms with E-state index in [4.69, 9.17) is 5.11 Å². The standard InChI is InChI=1S/C11H12N2O2/c1-2-9-8-5-3-4-6-10(8)13(12-9)7-11(14)15/h3-6H,2,7H2,1H3,(H,14,15). The van der Waals surface area contributed by atoms with Crippen molar-refractivity contribution in [2.24, 2.45) is 0 Å². The van der Waals surface area contributed by atoms with Crippen molar-refractivity contribution in [3.63, 3.8) is 0 Å². The molecule has 0 aliphatic heterocycles. The molecule has 1 aromatic heterocycles. The molecule has 0 saturated heterocycles. The number of rotatable bonds is 3. The van der Waals surface area contributed by atoms with Crippen LogP contribution in [-0.2, 0) is 17.8 Å². The minimum absolute atomic E-state index is 0.0828. The predicted octanol–water partition coefficient (Wildman–Crippen LogP) is 1.68. The van der Waals surface area contributed by atoms with Gasteiger partial charge in [-0.1, -0.05) is 25.1 Å².